The predicted octanol–water partition coefficient (Wildman–Crippen LogP) is 0.320. The monoisotopic (exact) mass is 534 g/mol. The Morgan fingerprint density at radius 1 is 0.700 bits per heavy atom. The maximum atomic E-state index is 7.49. The minimum Gasteiger partial charge on any atom is -0.454 e. The zero-order chi connectivity index (χ0) is 28.2. The molecular formula is C31H28B5ClN2O. The first-order valence-electron chi connectivity index (χ1n) is 13.9. The molecule has 3 nitrogen and oxygen atoms in total. The zero-order valence-electron chi connectivity index (χ0n) is 24.4. The molecule has 0 aliphatic carbocycles. The molecule has 0 fully saturated rings. The summed E-state index contributed by atoms with van der Waals surface area (Å²) >= 11 is 7.49. The molecule has 3 aromatic heterocycles. The smallest absolute Gasteiger partial charge is 0.155 e. The van der Waals surface area contributed by atoms with Gasteiger partial charge in [-0.3, -0.25) is 8.97 Å². The van der Waals surface area contributed by atoms with Crippen LogP contribution in [-0.2, 0) is 0 Å². The topological polar surface area (TPSA) is 22.5 Å². The van der Waals surface area contributed by atoms with Crippen molar-refractivity contribution >= 4 is 117 Å². The van der Waals surface area contributed by atoms with Crippen LogP contribution in [0.15, 0.2) is 59.0 Å². The molecule has 0 N–H and O–H groups in total. The summed E-state index contributed by atoms with van der Waals surface area (Å²) in [6.45, 7) is 6.52. The van der Waals surface area contributed by atoms with Gasteiger partial charge in [0.15, 0.2) is 5.58 Å². The second-order valence-corrected chi connectivity index (χ2v) is 12.0. The van der Waals surface area contributed by atoms with E-state index in [2.05, 4.69) is 111 Å². The number of furan rings is 1. The van der Waals surface area contributed by atoms with Crippen LogP contribution in [0.25, 0.3) is 55.6 Å². The van der Waals surface area contributed by atoms with Crippen LogP contribution in [0, 0.1) is 20.8 Å². The van der Waals surface area contributed by atoms with Crippen LogP contribution in [0.3, 0.4) is 0 Å². The second kappa shape index (κ2) is 8.68. The number of benzene rings is 4. The highest BCUT2D eigenvalue weighted by Crippen LogP contribution is 2.41. The lowest BCUT2D eigenvalue weighted by atomic mass is 9.59. The summed E-state index contributed by atoms with van der Waals surface area (Å²) in [4.78, 5) is 0. The Kier molecular flexibility index (Phi) is 5.50. The highest BCUT2D eigenvalue weighted by molar-refractivity contribution is 6.69. The minimum atomic E-state index is 0.765. The number of halogens is 1. The van der Waals surface area contributed by atoms with E-state index in [0.717, 1.165) is 55.0 Å². The molecule has 40 heavy (non-hydrogen) atoms. The van der Waals surface area contributed by atoms with Crippen molar-refractivity contribution in [1.82, 2.24) is 8.97 Å². The molecule has 0 bridgehead atoms. The summed E-state index contributed by atoms with van der Waals surface area (Å²) in [6, 6.07) is 19.4. The standard InChI is InChI=1S/C31H28B5ClN2O/c1-13-8-15(3)30-19(11-13)39-22(12-21-31(39)16-6-4-5-7-20(16)40-21)38(30)18-10-14(2)9-17(29(18)37)23-24(32)26(34)28(36)27(35)25(23)33/h4-12H,32-36H2,1-3H3. The predicted molar refractivity (Wildman–Crippen MR) is 187 cm³/mol. The number of para-hydroxylation sites is 1. The maximum Gasteiger partial charge on any atom is 0.155 e. The fraction of sp³-hybridized carbons (Fsp3) is 0.0968. The average Bonchev–Trinajstić information content (AvgIpc) is 3.55. The molecule has 0 unspecified atom stereocenters. The van der Waals surface area contributed by atoms with Crippen LogP contribution in [-0.4, -0.2) is 48.2 Å². The summed E-state index contributed by atoms with van der Waals surface area (Å²) < 4.78 is 11.0. The molecule has 4 aromatic carbocycles. The van der Waals surface area contributed by atoms with Gasteiger partial charge in [-0.2, -0.15) is 0 Å². The Morgan fingerprint density at radius 3 is 2.08 bits per heavy atom. The largest absolute Gasteiger partial charge is 0.454 e. The van der Waals surface area contributed by atoms with Gasteiger partial charge in [0.2, 0.25) is 0 Å². The van der Waals surface area contributed by atoms with Crippen molar-refractivity contribution in [3.8, 4) is 16.8 Å². The molecule has 0 radical (unpaired) electrons. The molecule has 7 rings (SSSR count). The van der Waals surface area contributed by atoms with Gasteiger partial charge in [-0.25, -0.2) is 0 Å². The molecule has 0 atom stereocenters. The molecule has 7 aromatic rings. The van der Waals surface area contributed by atoms with Crippen molar-refractivity contribution in [2.24, 2.45) is 0 Å². The second-order valence-electron chi connectivity index (χ2n) is 11.6. The molecule has 0 saturated heterocycles. The molecule has 0 amide bonds. The van der Waals surface area contributed by atoms with Gasteiger partial charge in [0, 0.05) is 17.0 Å². The first-order valence-corrected chi connectivity index (χ1v) is 14.3. The van der Waals surface area contributed by atoms with Gasteiger partial charge in [0.1, 0.15) is 56.0 Å². The van der Waals surface area contributed by atoms with Crippen LogP contribution in [0.1, 0.15) is 16.7 Å². The van der Waals surface area contributed by atoms with Crippen LogP contribution >= 0.6 is 11.6 Å². The molecule has 0 spiro atoms. The van der Waals surface area contributed by atoms with E-state index in [4.69, 9.17) is 16.0 Å². The Bertz CT molecular complexity index is 2190. The van der Waals surface area contributed by atoms with Gasteiger partial charge in [-0.05, 0) is 73.4 Å². The number of aryl methyl sites for hydroxylation is 3. The van der Waals surface area contributed by atoms with Gasteiger partial charge < -0.3 is 4.42 Å². The lowest BCUT2D eigenvalue weighted by Gasteiger charge is -2.23. The quantitative estimate of drug-likeness (QED) is 0.294. The number of hydrogen-bond acceptors (Lipinski definition) is 1. The van der Waals surface area contributed by atoms with Gasteiger partial charge in [-0.15, -0.1) is 16.4 Å². The Balaban J connectivity index is 1.65. The third-order valence-corrected chi connectivity index (χ3v) is 9.53. The number of fused-ring (bicyclic) bond motifs is 7. The van der Waals surface area contributed by atoms with Gasteiger partial charge in [0.05, 0.1) is 21.7 Å². The van der Waals surface area contributed by atoms with Crippen molar-refractivity contribution in [2.75, 3.05) is 0 Å². The zero-order valence-corrected chi connectivity index (χ0v) is 25.1. The molecule has 9 heteroatoms. The number of rotatable bonds is 2. The number of aromatic nitrogens is 2. The highest BCUT2D eigenvalue weighted by atomic mass is 35.5. The van der Waals surface area contributed by atoms with Crippen molar-refractivity contribution in [3.63, 3.8) is 0 Å². The van der Waals surface area contributed by atoms with Crippen molar-refractivity contribution in [2.45, 2.75) is 20.8 Å². The Morgan fingerprint density at radius 2 is 1.35 bits per heavy atom. The number of imidazole rings is 1. The van der Waals surface area contributed by atoms with E-state index in [-0.39, 0.29) is 0 Å². The van der Waals surface area contributed by atoms with Crippen LogP contribution in [0.4, 0.5) is 0 Å². The normalized spacial score (nSPS) is 12.0. The van der Waals surface area contributed by atoms with Crippen molar-refractivity contribution < 1.29 is 4.42 Å². The fourth-order valence-electron chi connectivity index (χ4n) is 6.84. The molecule has 3 heterocycles. The summed E-state index contributed by atoms with van der Waals surface area (Å²) in [7, 11) is 11.1. The van der Waals surface area contributed by atoms with Crippen LogP contribution in [0.2, 0.25) is 5.02 Å². The Hall–Kier alpha value is -3.63. The average molecular weight is 534 g/mol. The highest BCUT2D eigenvalue weighted by Gasteiger charge is 2.24. The van der Waals surface area contributed by atoms with E-state index < -0.39 is 0 Å². The molecular weight excluding hydrogens is 506 g/mol. The summed E-state index contributed by atoms with van der Waals surface area (Å²) in [5, 5.41) is 1.88. The van der Waals surface area contributed by atoms with Gasteiger partial charge >= 0.3 is 0 Å². The van der Waals surface area contributed by atoms with E-state index in [1.54, 1.807) is 0 Å². The minimum absolute atomic E-state index is 0.765. The van der Waals surface area contributed by atoms with E-state index in [9.17, 15) is 0 Å². The van der Waals surface area contributed by atoms with E-state index >= 15 is 0 Å². The first kappa shape index (κ1) is 25.3. The summed E-state index contributed by atoms with van der Waals surface area (Å²) in [6.07, 6.45) is 0. The number of nitrogens with zero attached hydrogens (tertiary/aromatic N) is 2. The molecule has 0 aliphatic heterocycles. The van der Waals surface area contributed by atoms with E-state index in [1.807, 2.05) is 12.1 Å². The van der Waals surface area contributed by atoms with E-state index in [0.29, 0.717) is 0 Å². The number of hydrogen-bond donors (Lipinski definition) is 0. The first-order chi connectivity index (χ1) is 19.1. The Labute approximate surface area is 243 Å². The van der Waals surface area contributed by atoms with Crippen LogP contribution < -0.4 is 27.3 Å². The lowest BCUT2D eigenvalue weighted by molar-refractivity contribution is 0.669. The molecule has 0 saturated carbocycles. The van der Waals surface area contributed by atoms with Gasteiger partial charge in [0.25, 0.3) is 0 Å². The SMILES string of the molecule is Bc1c(B)c(B)c(-c2cc(C)cc(-n3c4c(C)cc(C)cc4n4c5c(cc34)oc3ccccc35)c2Cl)c(B)c1B. The fourth-order valence-corrected chi connectivity index (χ4v) is 7.13. The van der Waals surface area contributed by atoms with E-state index in [1.165, 1.54) is 49.6 Å². The van der Waals surface area contributed by atoms with Crippen molar-refractivity contribution in [3.05, 3.63) is 76.3 Å². The third kappa shape index (κ3) is 3.32. The third-order valence-electron chi connectivity index (χ3n) is 9.13. The van der Waals surface area contributed by atoms with Crippen LogP contribution in [0.5, 0.6) is 0 Å². The summed E-state index contributed by atoms with van der Waals surface area (Å²) in [5.74, 6) is 0. The summed E-state index contributed by atoms with van der Waals surface area (Å²) in [5.41, 5.74) is 19.8. The van der Waals surface area contributed by atoms with Crippen molar-refractivity contribution in [1.29, 1.82) is 0 Å². The van der Waals surface area contributed by atoms with Gasteiger partial charge in [-0.1, -0.05) is 40.7 Å². The molecule has 0 aliphatic rings. The maximum absolute atomic E-state index is 7.49. The molecule has 190 valence electrons. The lowest BCUT2D eigenvalue weighted by Crippen LogP contribution is -2.55.